The fraction of sp³-hybridized carbons (Fsp3) is 0.333. The van der Waals surface area contributed by atoms with Gasteiger partial charge in [-0.3, -0.25) is 4.79 Å². The van der Waals surface area contributed by atoms with E-state index < -0.39 is 17.4 Å². The molecule has 1 fully saturated rings. The molecule has 0 bridgehead atoms. The SMILES string of the molecule is [C-]#[N+]c1ccc(N(CC(=O)NCc2ccc(F)cc2)CC2CC2)cc1C(F)(F)F. The molecule has 0 heterocycles. The standard InChI is InChI=1S/C21H19F4N3O/c1-26-19-9-8-17(10-18(19)21(23,24)25)28(12-15-2-3-15)13-20(29)27-11-14-4-6-16(22)7-5-14/h4-10,15H,2-3,11-13H2,(H,27,29). The van der Waals surface area contributed by atoms with Crippen LogP contribution in [0.5, 0.6) is 0 Å². The maximum Gasteiger partial charge on any atom is 0.407 e. The number of nitrogens with one attached hydrogen (secondary N) is 1. The third kappa shape index (κ3) is 5.70. The molecule has 0 spiro atoms. The lowest BCUT2D eigenvalue weighted by Gasteiger charge is -2.25. The van der Waals surface area contributed by atoms with Gasteiger partial charge in [-0.15, -0.1) is 0 Å². The molecule has 1 saturated carbocycles. The lowest BCUT2D eigenvalue weighted by Crippen LogP contribution is -2.38. The van der Waals surface area contributed by atoms with Crippen molar-refractivity contribution in [3.63, 3.8) is 0 Å². The van der Waals surface area contributed by atoms with Crippen LogP contribution in [0.15, 0.2) is 42.5 Å². The Bertz CT molecular complexity index is 915. The largest absolute Gasteiger partial charge is 0.407 e. The number of halogens is 4. The van der Waals surface area contributed by atoms with Crippen molar-refractivity contribution >= 4 is 17.3 Å². The van der Waals surface area contributed by atoms with Gasteiger partial charge in [-0.25, -0.2) is 9.24 Å². The molecule has 2 aromatic rings. The highest BCUT2D eigenvalue weighted by Crippen LogP contribution is 2.39. The number of nitrogens with zero attached hydrogens (tertiary/aromatic N) is 2. The maximum absolute atomic E-state index is 13.3. The van der Waals surface area contributed by atoms with Gasteiger partial charge in [-0.05, 0) is 48.6 Å². The van der Waals surface area contributed by atoms with E-state index in [1.54, 1.807) is 17.0 Å². The fourth-order valence-electron chi connectivity index (χ4n) is 2.95. The lowest BCUT2D eigenvalue weighted by molar-refractivity contribution is -0.136. The van der Waals surface area contributed by atoms with Gasteiger partial charge in [-0.1, -0.05) is 18.2 Å². The van der Waals surface area contributed by atoms with Crippen molar-refractivity contribution in [3.05, 3.63) is 70.8 Å². The number of hydrogen-bond acceptors (Lipinski definition) is 2. The molecule has 0 unspecified atom stereocenters. The number of benzene rings is 2. The van der Waals surface area contributed by atoms with E-state index in [4.69, 9.17) is 6.57 Å². The minimum atomic E-state index is -4.65. The monoisotopic (exact) mass is 405 g/mol. The van der Waals surface area contributed by atoms with E-state index in [9.17, 15) is 22.4 Å². The number of amides is 1. The van der Waals surface area contributed by atoms with Crippen molar-refractivity contribution in [1.82, 2.24) is 5.32 Å². The van der Waals surface area contributed by atoms with Crippen molar-refractivity contribution in [2.24, 2.45) is 5.92 Å². The van der Waals surface area contributed by atoms with Gasteiger partial charge in [0.1, 0.15) is 5.82 Å². The van der Waals surface area contributed by atoms with Crippen LogP contribution in [0, 0.1) is 18.3 Å². The van der Waals surface area contributed by atoms with Gasteiger partial charge < -0.3 is 10.2 Å². The Morgan fingerprint density at radius 1 is 1.17 bits per heavy atom. The quantitative estimate of drug-likeness (QED) is 0.524. The van der Waals surface area contributed by atoms with Gasteiger partial charge in [0.15, 0.2) is 5.69 Å². The molecule has 0 aliphatic heterocycles. The summed E-state index contributed by atoms with van der Waals surface area (Å²) in [7, 11) is 0. The molecule has 1 aliphatic carbocycles. The second-order valence-corrected chi connectivity index (χ2v) is 7.04. The molecule has 4 nitrogen and oxygen atoms in total. The first-order chi connectivity index (χ1) is 13.8. The zero-order valence-electron chi connectivity index (χ0n) is 15.5. The van der Waals surface area contributed by atoms with Crippen LogP contribution in [-0.2, 0) is 17.5 Å². The first-order valence-electron chi connectivity index (χ1n) is 9.11. The van der Waals surface area contributed by atoms with Crippen LogP contribution in [0.25, 0.3) is 4.85 Å². The van der Waals surface area contributed by atoms with E-state index in [2.05, 4.69) is 10.2 Å². The minimum absolute atomic E-state index is 0.105. The molecule has 152 valence electrons. The van der Waals surface area contributed by atoms with Crippen LogP contribution in [0.2, 0.25) is 0 Å². The molecule has 0 aromatic heterocycles. The van der Waals surface area contributed by atoms with Crippen molar-refractivity contribution in [2.45, 2.75) is 25.6 Å². The average Bonchev–Trinajstić information content (AvgIpc) is 3.50. The third-order valence-corrected chi connectivity index (χ3v) is 4.68. The van der Waals surface area contributed by atoms with Crippen molar-refractivity contribution < 1.29 is 22.4 Å². The normalized spacial score (nSPS) is 13.6. The predicted molar refractivity (Wildman–Crippen MR) is 101 cm³/mol. The first-order valence-corrected chi connectivity index (χ1v) is 9.11. The number of rotatable bonds is 7. The van der Waals surface area contributed by atoms with E-state index in [0.717, 1.165) is 25.0 Å². The summed E-state index contributed by atoms with van der Waals surface area (Å²) in [5.41, 5.74) is -0.492. The van der Waals surface area contributed by atoms with Gasteiger partial charge in [0.25, 0.3) is 0 Å². The average molecular weight is 405 g/mol. The third-order valence-electron chi connectivity index (χ3n) is 4.68. The van der Waals surface area contributed by atoms with Crippen LogP contribution in [0.4, 0.5) is 28.9 Å². The van der Waals surface area contributed by atoms with E-state index in [1.807, 2.05) is 0 Å². The van der Waals surface area contributed by atoms with Crippen molar-refractivity contribution in [1.29, 1.82) is 0 Å². The van der Waals surface area contributed by atoms with Crippen LogP contribution >= 0.6 is 0 Å². The summed E-state index contributed by atoms with van der Waals surface area (Å²) in [5, 5.41) is 2.71. The van der Waals surface area contributed by atoms with Gasteiger partial charge in [0, 0.05) is 18.8 Å². The van der Waals surface area contributed by atoms with Crippen molar-refractivity contribution in [2.75, 3.05) is 18.0 Å². The van der Waals surface area contributed by atoms with Crippen LogP contribution in [0.1, 0.15) is 24.0 Å². The van der Waals surface area contributed by atoms with Crippen LogP contribution < -0.4 is 10.2 Å². The van der Waals surface area contributed by atoms with Gasteiger partial charge in [-0.2, -0.15) is 13.2 Å². The number of anilines is 1. The molecular weight excluding hydrogens is 386 g/mol. The summed E-state index contributed by atoms with van der Waals surface area (Å²) >= 11 is 0. The summed E-state index contributed by atoms with van der Waals surface area (Å²) in [6, 6.07) is 9.20. The zero-order chi connectivity index (χ0) is 21.0. The topological polar surface area (TPSA) is 36.7 Å². The highest BCUT2D eigenvalue weighted by molar-refractivity contribution is 5.81. The Morgan fingerprint density at radius 2 is 1.86 bits per heavy atom. The van der Waals surface area contributed by atoms with E-state index >= 15 is 0 Å². The van der Waals surface area contributed by atoms with Gasteiger partial charge in [0.05, 0.1) is 18.7 Å². The fourth-order valence-corrected chi connectivity index (χ4v) is 2.95. The van der Waals surface area contributed by atoms with Crippen molar-refractivity contribution in [3.8, 4) is 0 Å². The van der Waals surface area contributed by atoms with Gasteiger partial charge in [0.2, 0.25) is 5.91 Å². The summed E-state index contributed by atoms with van der Waals surface area (Å²) in [4.78, 5) is 16.9. The zero-order valence-corrected chi connectivity index (χ0v) is 15.5. The molecular formula is C21H19F4N3O. The van der Waals surface area contributed by atoms with Crippen LogP contribution in [-0.4, -0.2) is 19.0 Å². The molecule has 0 atom stereocenters. The number of alkyl halides is 3. The highest BCUT2D eigenvalue weighted by Gasteiger charge is 2.34. The minimum Gasteiger partial charge on any atom is -0.362 e. The number of hydrogen-bond donors (Lipinski definition) is 1. The molecule has 8 heteroatoms. The molecule has 0 saturated heterocycles. The van der Waals surface area contributed by atoms with E-state index in [0.29, 0.717) is 18.0 Å². The Kier molecular flexibility index (Phi) is 6.06. The number of carbonyl (C=O) groups excluding carboxylic acids is 1. The first kappa shape index (κ1) is 20.6. The van der Waals surface area contributed by atoms with E-state index in [-0.39, 0.29) is 30.5 Å². The van der Waals surface area contributed by atoms with E-state index in [1.165, 1.54) is 18.2 Å². The molecule has 0 radical (unpaired) electrons. The Morgan fingerprint density at radius 3 is 2.45 bits per heavy atom. The Hall–Kier alpha value is -3.08. The predicted octanol–water partition coefficient (Wildman–Crippen LogP) is 4.93. The highest BCUT2D eigenvalue weighted by atomic mass is 19.4. The summed E-state index contributed by atoms with van der Waals surface area (Å²) in [6.07, 6.45) is -2.70. The molecule has 29 heavy (non-hydrogen) atoms. The molecule has 1 amide bonds. The Labute approximate surface area is 166 Å². The molecule has 1 N–H and O–H groups in total. The molecule has 3 rings (SSSR count). The summed E-state index contributed by atoms with van der Waals surface area (Å²) < 4.78 is 52.8. The second kappa shape index (κ2) is 8.52. The second-order valence-electron chi connectivity index (χ2n) is 7.04. The number of carbonyl (C=O) groups is 1. The molecule has 2 aromatic carbocycles. The molecule has 1 aliphatic rings. The lowest BCUT2D eigenvalue weighted by atomic mass is 10.1. The summed E-state index contributed by atoms with van der Waals surface area (Å²) in [5.74, 6) is -0.383. The maximum atomic E-state index is 13.3. The smallest absolute Gasteiger partial charge is 0.362 e. The van der Waals surface area contributed by atoms with Gasteiger partial charge >= 0.3 is 6.18 Å². The summed E-state index contributed by atoms with van der Waals surface area (Å²) in [6.45, 7) is 7.51. The Balaban J connectivity index is 1.73. The van der Waals surface area contributed by atoms with Crippen LogP contribution in [0.3, 0.4) is 0 Å².